The van der Waals surface area contributed by atoms with Crippen molar-refractivity contribution in [2.45, 2.75) is 39.2 Å². The van der Waals surface area contributed by atoms with Gasteiger partial charge in [-0.15, -0.1) is 0 Å². The third-order valence-corrected chi connectivity index (χ3v) is 2.39. The number of likely N-dealkylation sites (N-methyl/N-ethyl adjacent to an activating group) is 1. The summed E-state index contributed by atoms with van der Waals surface area (Å²) < 4.78 is 0. The molecule has 0 heterocycles. The van der Waals surface area contributed by atoms with Crippen LogP contribution in [0.4, 0.5) is 0 Å². The van der Waals surface area contributed by atoms with E-state index in [0.717, 1.165) is 0 Å². The van der Waals surface area contributed by atoms with Gasteiger partial charge in [0.25, 0.3) is 0 Å². The number of carbonyl (C=O) groups is 1. The summed E-state index contributed by atoms with van der Waals surface area (Å²) >= 11 is 0. The molecule has 80 valence electrons. The quantitative estimate of drug-likeness (QED) is 0.711. The summed E-state index contributed by atoms with van der Waals surface area (Å²) in [5, 5.41) is 8.43. The van der Waals surface area contributed by atoms with Crippen molar-refractivity contribution >= 4 is 5.91 Å². The van der Waals surface area contributed by atoms with E-state index in [4.69, 9.17) is 11.0 Å². The number of hydrogen-bond donors (Lipinski definition) is 1. The van der Waals surface area contributed by atoms with E-state index in [1.807, 2.05) is 19.9 Å². The minimum absolute atomic E-state index is 0.0715. The van der Waals surface area contributed by atoms with E-state index in [9.17, 15) is 4.79 Å². The maximum absolute atomic E-state index is 11.8. The molecule has 0 rings (SSSR count). The minimum atomic E-state index is -0.800. The van der Waals surface area contributed by atoms with Gasteiger partial charge in [-0.25, -0.2) is 0 Å². The van der Waals surface area contributed by atoms with Gasteiger partial charge in [-0.05, 0) is 20.3 Å². The van der Waals surface area contributed by atoms with E-state index in [1.54, 1.807) is 11.8 Å². The average molecular weight is 197 g/mol. The zero-order valence-corrected chi connectivity index (χ0v) is 9.21. The first-order valence-corrected chi connectivity index (χ1v) is 4.94. The summed E-state index contributed by atoms with van der Waals surface area (Å²) in [5.74, 6) is -0.0715. The molecule has 0 fully saturated rings. The third-order valence-electron chi connectivity index (χ3n) is 2.39. The van der Waals surface area contributed by atoms with Crippen molar-refractivity contribution in [3.05, 3.63) is 0 Å². The van der Waals surface area contributed by atoms with E-state index >= 15 is 0 Å². The maximum atomic E-state index is 11.8. The van der Waals surface area contributed by atoms with E-state index in [1.165, 1.54) is 0 Å². The molecule has 0 saturated heterocycles. The van der Waals surface area contributed by atoms with Gasteiger partial charge in [-0.3, -0.25) is 4.79 Å². The van der Waals surface area contributed by atoms with E-state index in [2.05, 4.69) is 0 Å². The van der Waals surface area contributed by atoms with Gasteiger partial charge >= 0.3 is 0 Å². The van der Waals surface area contributed by atoms with Crippen LogP contribution in [0.15, 0.2) is 0 Å². The van der Waals surface area contributed by atoms with Crippen LogP contribution in [0.25, 0.3) is 0 Å². The van der Waals surface area contributed by atoms with Gasteiger partial charge in [0.1, 0.15) is 0 Å². The lowest BCUT2D eigenvalue weighted by molar-refractivity contribution is -0.136. The number of amides is 1. The van der Waals surface area contributed by atoms with Gasteiger partial charge in [-0.1, -0.05) is 6.92 Å². The van der Waals surface area contributed by atoms with Crippen molar-refractivity contribution in [2.75, 3.05) is 13.1 Å². The van der Waals surface area contributed by atoms with Gasteiger partial charge in [-0.2, -0.15) is 5.26 Å². The van der Waals surface area contributed by atoms with Crippen molar-refractivity contribution in [2.24, 2.45) is 5.73 Å². The lowest BCUT2D eigenvalue weighted by Crippen LogP contribution is -2.53. The Kier molecular flexibility index (Phi) is 5.18. The average Bonchev–Trinajstić information content (AvgIpc) is 2.18. The van der Waals surface area contributed by atoms with E-state index in [-0.39, 0.29) is 5.91 Å². The predicted molar refractivity (Wildman–Crippen MR) is 55.4 cm³/mol. The zero-order valence-electron chi connectivity index (χ0n) is 9.21. The summed E-state index contributed by atoms with van der Waals surface area (Å²) in [6, 6.07) is 2.02. The monoisotopic (exact) mass is 197 g/mol. The largest absolute Gasteiger partial charge is 0.340 e. The van der Waals surface area contributed by atoms with Gasteiger partial charge in [0.2, 0.25) is 5.91 Å². The molecule has 0 radical (unpaired) electrons. The maximum Gasteiger partial charge on any atom is 0.242 e. The molecule has 1 unspecified atom stereocenters. The molecule has 2 N–H and O–H groups in total. The highest BCUT2D eigenvalue weighted by molar-refractivity contribution is 5.85. The number of hydrogen-bond acceptors (Lipinski definition) is 3. The fourth-order valence-electron chi connectivity index (χ4n) is 1.10. The Morgan fingerprint density at radius 3 is 2.50 bits per heavy atom. The number of nitrogens with zero attached hydrogens (tertiary/aromatic N) is 2. The molecular weight excluding hydrogens is 178 g/mol. The normalized spacial score (nSPS) is 14.2. The predicted octanol–water partition coefficient (Wildman–Crippen LogP) is 0.876. The SMILES string of the molecule is CCN(CCC#N)C(=O)C(C)(N)CC. The second-order valence-electron chi connectivity index (χ2n) is 3.56. The Bertz CT molecular complexity index is 230. The summed E-state index contributed by atoms with van der Waals surface area (Å²) in [6.45, 7) is 6.58. The zero-order chi connectivity index (χ0) is 11.2. The summed E-state index contributed by atoms with van der Waals surface area (Å²) in [4.78, 5) is 13.5. The van der Waals surface area contributed by atoms with Crippen molar-refractivity contribution in [3.63, 3.8) is 0 Å². The number of nitrogens with two attached hydrogens (primary N) is 1. The first-order chi connectivity index (χ1) is 6.49. The molecule has 1 atom stereocenters. The first kappa shape index (κ1) is 12.9. The Balaban J connectivity index is 4.39. The van der Waals surface area contributed by atoms with E-state index < -0.39 is 5.54 Å². The van der Waals surface area contributed by atoms with Crippen LogP contribution in [0, 0.1) is 11.3 Å². The van der Waals surface area contributed by atoms with Crippen molar-refractivity contribution in [3.8, 4) is 6.07 Å². The fourth-order valence-corrected chi connectivity index (χ4v) is 1.10. The van der Waals surface area contributed by atoms with Crippen LogP contribution in [0.5, 0.6) is 0 Å². The third kappa shape index (κ3) is 3.35. The van der Waals surface area contributed by atoms with Gasteiger partial charge in [0.15, 0.2) is 0 Å². The second kappa shape index (κ2) is 5.61. The molecule has 1 amide bonds. The summed E-state index contributed by atoms with van der Waals surface area (Å²) in [5.41, 5.74) is 5.03. The molecule has 4 heteroatoms. The molecule has 4 nitrogen and oxygen atoms in total. The smallest absolute Gasteiger partial charge is 0.242 e. The molecule has 0 spiro atoms. The molecule has 0 bridgehead atoms. The Labute approximate surface area is 85.7 Å². The fraction of sp³-hybridized carbons (Fsp3) is 0.800. The summed E-state index contributed by atoms with van der Waals surface area (Å²) in [6.07, 6.45) is 0.967. The molecule has 0 aliphatic rings. The minimum Gasteiger partial charge on any atom is -0.340 e. The number of rotatable bonds is 5. The Morgan fingerprint density at radius 2 is 2.14 bits per heavy atom. The molecular formula is C10H19N3O. The molecule has 14 heavy (non-hydrogen) atoms. The van der Waals surface area contributed by atoms with Gasteiger partial charge in [0.05, 0.1) is 18.0 Å². The number of carbonyl (C=O) groups excluding carboxylic acids is 1. The topological polar surface area (TPSA) is 70.1 Å². The Hall–Kier alpha value is -1.08. The summed E-state index contributed by atoms with van der Waals surface area (Å²) in [7, 11) is 0. The highest BCUT2D eigenvalue weighted by Crippen LogP contribution is 2.10. The van der Waals surface area contributed by atoms with Crippen LogP contribution in [0.1, 0.15) is 33.6 Å². The standard InChI is InChI=1S/C10H19N3O/c1-4-10(3,12)9(14)13(5-2)8-6-7-11/h4-6,8,12H2,1-3H3. The van der Waals surface area contributed by atoms with Crippen molar-refractivity contribution < 1.29 is 4.79 Å². The lowest BCUT2D eigenvalue weighted by Gasteiger charge is -2.29. The van der Waals surface area contributed by atoms with Crippen molar-refractivity contribution in [1.29, 1.82) is 5.26 Å². The molecule has 0 aromatic carbocycles. The molecule has 0 aliphatic carbocycles. The Morgan fingerprint density at radius 1 is 1.57 bits per heavy atom. The molecule has 0 saturated carbocycles. The molecule has 0 aromatic heterocycles. The van der Waals surface area contributed by atoms with Crippen LogP contribution in [0.3, 0.4) is 0 Å². The highest BCUT2D eigenvalue weighted by atomic mass is 16.2. The van der Waals surface area contributed by atoms with Crippen LogP contribution in [-0.4, -0.2) is 29.4 Å². The van der Waals surface area contributed by atoms with Gasteiger partial charge in [0, 0.05) is 13.1 Å². The van der Waals surface area contributed by atoms with Crippen LogP contribution in [0.2, 0.25) is 0 Å². The van der Waals surface area contributed by atoms with E-state index in [0.29, 0.717) is 25.9 Å². The molecule has 0 aliphatic heterocycles. The van der Waals surface area contributed by atoms with Crippen molar-refractivity contribution in [1.82, 2.24) is 4.90 Å². The second-order valence-corrected chi connectivity index (χ2v) is 3.56. The van der Waals surface area contributed by atoms with Crippen LogP contribution >= 0.6 is 0 Å². The van der Waals surface area contributed by atoms with Gasteiger partial charge < -0.3 is 10.6 Å². The van der Waals surface area contributed by atoms with Crippen LogP contribution in [-0.2, 0) is 4.79 Å². The molecule has 0 aromatic rings. The lowest BCUT2D eigenvalue weighted by atomic mass is 9.98. The first-order valence-electron chi connectivity index (χ1n) is 4.94. The highest BCUT2D eigenvalue weighted by Gasteiger charge is 2.29. The number of nitriles is 1. The van der Waals surface area contributed by atoms with Crippen LogP contribution < -0.4 is 5.73 Å².